The number of nitrogens with zero attached hydrogens (tertiary/aromatic N) is 1. The van der Waals surface area contributed by atoms with Gasteiger partial charge in [-0.3, -0.25) is 4.79 Å². The average Bonchev–Trinajstić information content (AvgIpc) is 2.54. The lowest BCUT2D eigenvalue weighted by atomic mass is 9.91. The lowest BCUT2D eigenvalue weighted by Gasteiger charge is -2.36. The van der Waals surface area contributed by atoms with Crippen LogP contribution in [0.15, 0.2) is 0 Å². The van der Waals surface area contributed by atoms with Crippen molar-refractivity contribution in [1.29, 1.82) is 0 Å². The molecule has 1 amide bonds. The average molecular weight is 346 g/mol. The number of hydrogen-bond donors (Lipinski definition) is 2. The maximum absolute atomic E-state index is 12.8. The van der Waals surface area contributed by atoms with Crippen LogP contribution in [0.5, 0.6) is 0 Å². The van der Waals surface area contributed by atoms with E-state index in [4.69, 9.17) is 5.73 Å². The van der Waals surface area contributed by atoms with Crippen molar-refractivity contribution in [2.75, 3.05) is 25.4 Å². The molecule has 1 heterocycles. The Labute approximate surface area is 140 Å². The number of nitrogens with one attached hydrogen (secondary N) is 1. The molecule has 0 spiro atoms. The second-order valence-corrected chi connectivity index (χ2v) is 8.85. The maximum atomic E-state index is 12.8. The van der Waals surface area contributed by atoms with Gasteiger partial charge in [0.15, 0.2) is 0 Å². The summed E-state index contributed by atoms with van der Waals surface area (Å²) in [6, 6.07) is -0.0981. The maximum Gasteiger partial charge on any atom is 0.221 e. The standard InChI is InChI=1S/C16H31N3O3S/c17-10-9-16(20)18-12-15-8-4-5-11-19(15)23(21,22)13-14-6-2-1-3-7-14/h14-15H,1-13,17H2,(H,18,20). The van der Waals surface area contributed by atoms with Crippen molar-refractivity contribution in [2.24, 2.45) is 11.7 Å². The fourth-order valence-electron chi connectivity index (χ4n) is 3.74. The predicted octanol–water partition coefficient (Wildman–Crippen LogP) is 1.22. The van der Waals surface area contributed by atoms with Crippen molar-refractivity contribution in [2.45, 2.75) is 63.8 Å². The molecule has 2 fully saturated rings. The molecular formula is C16H31N3O3S. The molecule has 2 rings (SSSR count). The van der Waals surface area contributed by atoms with Gasteiger partial charge in [-0.25, -0.2) is 8.42 Å². The van der Waals surface area contributed by atoms with E-state index in [-0.39, 0.29) is 17.7 Å². The molecule has 3 N–H and O–H groups in total. The van der Waals surface area contributed by atoms with Gasteiger partial charge in [-0.2, -0.15) is 4.31 Å². The number of sulfonamides is 1. The smallest absolute Gasteiger partial charge is 0.221 e. The second-order valence-electron chi connectivity index (χ2n) is 6.89. The highest BCUT2D eigenvalue weighted by molar-refractivity contribution is 7.89. The number of rotatable bonds is 7. The Morgan fingerprint density at radius 2 is 1.78 bits per heavy atom. The molecule has 7 heteroatoms. The molecular weight excluding hydrogens is 314 g/mol. The summed E-state index contributed by atoms with van der Waals surface area (Å²) in [5.41, 5.74) is 5.37. The molecule has 2 aliphatic rings. The fourth-order valence-corrected chi connectivity index (χ4v) is 5.90. The minimum atomic E-state index is -3.23. The van der Waals surface area contributed by atoms with Crippen LogP contribution in [0.4, 0.5) is 0 Å². The highest BCUT2D eigenvalue weighted by Crippen LogP contribution is 2.28. The Hall–Kier alpha value is -0.660. The van der Waals surface area contributed by atoms with Crippen molar-refractivity contribution >= 4 is 15.9 Å². The summed E-state index contributed by atoms with van der Waals surface area (Å²) in [5, 5.41) is 2.83. The Balaban J connectivity index is 1.94. The van der Waals surface area contributed by atoms with Crippen LogP contribution >= 0.6 is 0 Å². The lowest BCUT2D eigenvalue weighted by molar-refractivity contribution is -0.121. The van der Waals surface area contributed by atoms with E-state index in [1.165, 1.54) is 6.42 Å². The van der Waals surface area contributed by atoms with Gasteiger partial charge < -0.3 is 11.1 Å². The quantitative estimate of drug-likeness (QED) is 0.725. The van der Waals surface area contributed by atoms with Crippen LogP contribution in [-0.4, -0.2) is 50.1 Å². The van der Waals surface area contributed by atoms with E-state index in [0.717, 1.165) is 44.9 Å². The summed E-state index contributed by atoms with van der Waals surface area (Å²) in [6.45, 7) is 1.31. The second kappa shape index (κ2) is 8.99. The van der Waals surface area contributed by atoms with Crippen LogP contribution in [-0.2, 0) is 14.8 Å². The third-order valence-corrected chi connectivity index (χ3v) is 7.10. The summed E-state index contributed by atoms with van der Waals surface area (Å²) < 4.78 is 27.3. The molecule has 6 nitrogen and oxygen atoms in total. The van der Waals surface area contributed by atoms with Crippen LogP contribution in [0.25, 0.3) is 0 Å². The van der Waals surface area contributed by atoms with Crippen molar-refractivity contribution < 1.29 is 13.2 Å². The van der Waals surface area contributed by atoms with E-state index < -0.39 is 10.0 Å². The molecule has 1 aliphatic heterocycles. The Kier molecular flexibility index (Phi) is 7.30. The normalized spacial score (nSPS) is 24.5. The molecule has 1 unspecified atom stereocenters. The van der Waals surface area contributed by atoms with Crippen molar-refractivity contribution in [3.63, 3.8) is 0 Å². The summed E-state index contributed by atoms with van der Waals surface area (Å²) in [7, 11) is -3.23. The van der Waals surface area contributed by atoms with Gasteiger partial charge in [0.25, 0.3) is 0 Å². The summed E-state index contributed by atoms with van der Waals surface area (Å²) in [5.74, 6) is 0.492. The third kappa shape index (κ3) is 5.72. The molecule has 1 saturated carbocycles. The Bertz CT molecular complexity index is 475. The number of hydrogen-bond acceptors (Lipinski definition) is 4. The summed E-state index contributed by atoms with van der Waals surface area (Å²) in [6.07, 6.45) is 8.65. The zero-order chi connectivity index (χ0) is 16.7. The molecule has 1 atom stereocenters. The highest BCUT2D eigenvalue weighted by Gasteiger charge is 2.34. The number of piperidine rings is 1. The fraction of sp³-hybridized carbons (Fsp3) is 0.938. The molecule has 134 valence electrons. The molecule has 0 aromatic carbocycles. The zero-order valence-electron chi connectivity index (χ0n) is 14.0. The summed E-state index contributed by atoms with van der Waals surface area (Å²) >= 11 is 0. The first-order valence-corrected chi connectivity index (χ1v) is 10.6. The van der Waals surface area contributed by atoms with Crippen LogP contribution in [0.1, 0.15) is 57.8 Å². The summed E-state index contributed by atoms with van der Waals surface area (Å²) in [4.78, 5) is 11.6. The van der Waals surface area contributed by atoms with Gasteiger partial charge in [0.05, 0.1) is 5.75 Å². The molecule has 23 heavy (non-hydrogen) atoms. The molecule has 0 aromatic heterocycles. The van der Waals surface area contributed by atoms with Gasteiger partial charge in [-0.15, -0.1) is 0 Å². The Morgan fingerprint density at radius 1 is 1.09 bits per heavy atom. The first kappa shape index (κ1) is 18.7. The zero-order valence-corrected chi connectivity index (χ0v) is 14.8. The number of nitrogens with two attached hydrogens (primary N) is 1. The van der Waals surface area contributed by atoms with E-state index in [1.807, 2.05) is 0 Å². The largest absolute Gasteiger partial charge is 0.354 e. The molecule has 0 radical (unpaired) electrons. The number of carbonyl (C=O) groups is 1. The van der Waals surface area contributed by atoms with Gasteiger partial charge >= 0.3 is 0 Å². The van der Waals surface area contributed by atoms with E-state index in [2.05, 4.69) is 5.32 Å². The lowest BCUT2D eigenvalue weighted by Crippen LogP contribution is -2.50. The van der Waals surface area contributed by atoms with Crippen LogP contribution < -0.4 is 11.1 Å². The van der Waals surface area contributed by atoms with Gasteiger partial charge in [0.2, 0.25) is 15.9 Å². The monoisotopic (exact) mass is 345 g/mol. The van der Waals surface area contributed by atoms with Gasteiger partial charge in [0.1, 0.15) is 0 Å². The van der Waals surface area contributed by atoms with Crippen LogP contribution in [0.2, 0.25) is 0 Å². The van der Waals surface area contributed by atoms with Crippen molar-refractivity contribution in [3.8, 4) is 0 Å². The first-order valence-electron chi connectivity index (χ1n) is 8.99. The van der Waals surface area contributed by atoms with Crippen LogP contribution in [0, 0.1) is 5.92 Å². The molecule has 1 saturated heterocycles. The molecule has 0 aromatic rings. The number of amides is 1. The minimum Gasteiger partial charge on any atom is -0.354 e. The van der Waals surface area contributed by atoms with Crippen molar-refractivity contribution in [3.05, 3.63) is 0 Å². The Morgan fingerprint density at radius 3 is 2.48 bits per heavy atom. The topological polar surface area (TPSA) is 92.5 Å². The van der Waals surface area contributed by atoms with E-state index in [9.17, 15) is 13.2 Å². The SMILES string of the molecule is NCCC(=O)NCC1CCCCN1S(=O)(=O)CC1CCCCC1. The molecule has 0 bridgehead atoms. The minimum absolute atomic E-state index is 0.0947. The van der Waals surface area contributed by atoms with E-state index in [0.29, 0.717) is 32.0 Å². The molecule has 1 aliphatic carbocycles. The van der Waals surface area contributed by atoms with Crippen LogP contribution in [0.3, 0.4) is 0 Å². The van der Waals surface area contributed by atoms with Gasteiger partial charge in [-0.05, 0) is 31.6 Å². The van der Waals surface area contributed by atoms with Gasteiger partial charge in [-0.1, -0.05) is 25.7 Å². The predicted molar refractivity (Wildman–Crippen MR) is 91.4 cm³/mol. The van der Waals surface area contributed by atoms with Crippen molar-refractivity contribution in [1.82, 2.24) is 9.62 Å². The highest BCUT2D eigenvalue weighted by atomic mass is 32.2. The van der Waals surface area contributed by atoms with E-state index in [1.54, 1.807) is 4.31 Å². The number of carbonyl (C=O) groups excluding carboxylic acids is 1. The van der Waals surface area contributed by atoms with Gasteiger partial charge in [0, 0.05) is 32.1 Å². The third-order valence-electron chi connectivity index (χ3n) is 5.01. The van der Waals surface area contributed by atoms with E-state index >= 15 is 0 Å². The first-order chi connectivity index (χ1) is 11.0.